The van der Waals surface area contributed by atoms with Gasteiger partial charge < -0.3 is 0 Å². The third-order valence-electron chi connectivity index (χ3n) is 3.81. The lowest BCUT2D eigenvalue weighted by atomic mass is 9.93. The quantitative estimate of drug-likeness (QED) is 0.730. The summed E-state index contributed by atoms with van der Waals surface area (Å²) in [7, 11) is 0. The van der Waals surface area contributed by atoms with E-state index in [1.54, 1.807) is 22.5 Å². The molecule has 1 aliphatic carbocycles. The fourth-order valence-corrected chi connectivity index (χ4v) is 3.53. The van der Waals surface area contributed by atoms with Gasteiger partial charge in [0.2, 0.25) is 0 Å². The average molecular weight is 243 g/mol. The molecule has 2 aromatic rings. The van der Waals surface area contributed by atoms with Gasteiger partial charge in [-0.2, -0.15) is 0 Å². The smallest absolute Gasteiger partial charge is 0.0901 e. The summed E-state index contributed by atoms with van der Waals surface area (Å²) in [4.78, 5) is 4.63. The van der Waals surface area contributed by atoms with Gasteiger partial charge in [0.1, 0.15) is 0 Å². The monoisotopic (exact) mass is 243 g/mol. The minimum atomic E-state index is 1.15. The van der Waals surface area contributed by atoms with Crippen molar-refractivity contribution >= 4 is 11.3 Å². The van der Waals surface area contributed by atoms with Gasteiger partial charge in [-0.25, -0.2) is 4.98 Å². The number of hydrogen-bond acceptors (Lipinski definition) is 2. The van der Waals surface area contributed by atoms with Crippen molar-refractivity contribution < 1.29 is 0 Å². The topological polar surface area (TPSA) is 12.9 Å². The van der Waals surface area contributed by atoms with Crippen molar-refractivity contribution in [1.29, 1.82) is 0 Å². The minimum absolute atomic E-state index is 1.15. The summed E-state index contributed by atoms with van der Waals surface area (Å²) in [6, 6.07) is 2.33. The third kappa shape index (κ3) is 1.71. The molecule has 3 rings (SSSR count). The normalized spacial score (nSPS) is 14.1. The van der Waals surface area contributed by atoms with E-state index in [9.17, 15) is 0 Å². The highest BCUT2D eigenvalue weighted by molar-refractivity contribution is 7.09. The van der Waals surface area contributed by atoms with E-state index in [0.29, 0.717) is 0 Å². The Hall–Kier alpha value is -1.15. The summed E-state index contributed by atoms with van der Waals surface area (Å²) in [6.45, 7) is 6.57. The minimum Gasteiger partial charge on any atom is -0.242 e. The molecule has 0 amide bonds. The Kier molecular flexibility index (Phi) is 2.55. The molecule has 88 valence electrons. The van der Waals surface area contributed by atoms with Crippen LogP contribution < -0.4 is 0 Å². The molecule has 0 radical (unpaired) electrons. The molecule has 17 heavy (non-hydrogen) atoms. The van der Waals surface area contributed by atoms with Crippen molar-refractivity contribution in [3.05, 3.63) is 38.7 Å². The predicted octanol–water partition coefficient (Wildman–Crippen LogP) is 4.22. The molecule has 1 aromatic heterocycles. The highest BCUT2D eigenvalue weighted by atomic mass is 32.1. The Labute approximate surface area is 107 Å². The SMILES string of the molecule is Cc1nc(-c2cc(C)c3c(c2C)CCC3)cs1. The van der Waals surface area contributed by atoms with E-state index in [1.165, 1.54) is 36.0 Å². The third-order valence-corrected chi connectivity index (χ3v) is 4.58. The van der Waals surface area contributed by atoms with Crippen LogP contribution in [0.1, 0.15) is 33.7 Å². The Balaban J connectivity index is 2.22. The fraction of sp³-hybridized carbons (Fsp3) is 0.400. The Morgan fingerprint density at radius 1 is 1.12 bits per heavy atom. The van der Waals surface area contributed by atoms with Crippen molar-refractivity contribution in [1.82, 2.24) is 4.98 Å². The summed E-state index contributed by atoms with van der Waals surface area (Å²) >= 11 is 1.74. The molecular formula is C15H17NS. The predicted molar refractivity (Wildman–Crippen MR) is 73.8 cm³/mol. The molecule has 0 bridgehead atoms. The van der Waals surface area contributed by atoms with Crippen LogP contribution in [-0.2, 0) is 12.8 Å². The van der Waals surface area contributed by atoms with Gasteiger partial charge in [-0.15, -0.1) is 11.3 Å². The number of hydrogen-bond donors (Lipinski definition) is 0. The molecule has 0 N–H and O–H groups in total. The van der Waals surface area contributed by atoms with Crippen LogP contribution in [0.25, 0.3) is 11.3 Å². The second-order valence-electron chi connectivity index (χ2n) is 4.93. The second-order valence-corrected chi connectivity index (χ2v) is 5.99. The van der Waals surface area contributed by atoms with Gasteiger partial charge in [0.05, 0.1) is 10.7 Å². The molecule has 0 atom stereocenters. The summed E-state index contributed by atoms with van der Waals surface area (Å²) < 4.78 is 0. The van der Waals surface area contributed by atoms with Crippen molar-refractivity contribution in [2.45, 2.75) is 40.0 Å². The van der Waals surface area contributed by atoms with Crippen molar-refractivity contribution in [2.75, 3.05) is 0 Å². The maximum Gasteiger partial charge on any atom is 0.0901 e. The van der Waals surface area contributed by atoms with E-state index in [-0.39, 0.29) is 0 Å². The lowest BCUT2D eigenvalue weighted by molar-refractivity contribution is 0.907. The molecule has 1 aliphatic rings. The standard InChI is InChI=1S/C15H17NS/c1-9-7-14(15-8-17-11(3)16-15)10(2)13-6-4-5-12(9)13/h7-8H,4-6H2,1-3H3. The first-order valence-electron chi connectivity index (χ1n) is 6.21. The van der Waals surface area contributed by atoms with Crippen LogP contribution in [0.3, 0.4) is 0 Å². The number of benzene rings is 1. The molecule has 1 aromatic carbocycles. The number of fused-ring (bicyclic) bond motifs is 1. The first-order valence-corrected chi connectivity index (χ1v) is 7.09. The van der Waals surface area contributed by atoms with Crippen LogP contribution in [0.5, 0.6) is 0 Å². The highest BCUT2D eigenvalue weighted by Crippen LogP contribution is 2.35. The summed E-state index contributed by atoms with van der Waals surface area (Å²) in [5.74, 6) is 0. The Bertz CT molecular complexity index is 581. The van der Waals surface area contributed by atoms with Gasteiger partial charge in [-0.3, -0.25) is 0 Å². The molecule has 2 heteroatoms. The number of aromatic nitrogens is 1. The maximum atomic E-state index is 4.63. The molecule has 0 aliphatic heterocycles. The molecule has 0 saturated heterocycles. The zero-order valence-electron chi connectivity index (χ0n) is 10.6. The largest absolute Gasteiger partial charge is 0.242 e. The lowest BCUT2D eigenvalue weighted by Gasteiger charge is -2.12. The lowest BCUT2D eigenvalue weighted by Crippen LogP contribution is -1.95. The van der Waals surface area contributed by atoms with Gasteiger partial charge in [-0.1, -0.05) is 0 Å². The average Bonchev–Trinajstić information content (AvgIpc) is 2.91. The molecule has 0 unspecified atom stereocenters. The highest BCUT2D eigenvalue weighted by Gasteiger charge is 2.19. The van der Waals surface area contributed by atoms with Crippen molar-refractivity contribution in [3.8, 4) is 11.3 Å². The zero-order valence-corrected chi connectivity index (χ0v) is 11.4. The van der Waals surface area contributed by atoms with E-state index in [2.05, 4.69) is 37.2 Å². The van der Waals surface area contributed by atoms with E-state index in [4.69, 9.17) is 0 Å². The molecule has 1 nitrogen and oxygen atoms in total. The van der Waals surface area contributed by atoms with Crippen molar-refractivity contribution in [2.24, 2.45) is 0 Å². The zero-order chi connectivity index (χ0) is 12.0. The molecule has 1 heterocycles. The molecule has 0 spiro atoms. The van der Waals surface area contributed by atoms with Gasteiger partial charge in [0.25, 0.3) is 0 Å². The van der Waals surface area contributed by atoms with Crippen LogP contribution >= 0.6 is 11.3 Å². The summed E-state index contributed by atoms with van der Waals surface area (Å²) in [5, 5.41) is 3.33. The van der Waals surface area contributed by atoms with Crippen LogP contribution in [0.4, 0.5) is 0 Å². The molecular weight excluding hydrogens is 226 g/mol. The number of thiazole rings is 1. The first kappa shape index (κ1) is 11.0. The Morgan fingerprint density at radius 3 is 2.59 bits per heavy atom. The van der Waals surface area contributed by atoms with Crippen LogP contribution in [0.15, 0.2) is 11.4 Å². The van der Waals surface area contributed by atoms with E-state index < -0.39 is 0 Å². The first-order chi connectivity index (χ1) is 8.16. The Morgan fingerprint density at radius 2 is 1.88 bits per heavy atom. The van der Waals surface area contributed by atoms with Gasteiger partial charge in [0, 0.05) is 10.9 Å². The number of rotatable bonds is 1. The molecule has 0 fully saturated rings. The van der Waals surface area contributed by atoms with E-state index >= 15 is 0 Å². The van der Waals surface area contributed by atoms with Crippen LogP contribution in [0, 0.1) is 20.8 Å². The van der Waals surface area contributed by atoms with Gasteiger partial charge >= 0.3 is 0 Å². The number of aryl methyl sites for hydroxylation is 2. The van der Waals surface area contributed by atoms with E-state index in [1.807, 2.05) is 0 Å². The van der Waals surface area contributed by atoms with Crippen LogP contribution in [0.2, 0.25) is 0 Å². The maximum absolute atomic E-state index is 4.63. The van der Waals surface area contributed by atoms with E-state index in [0.717, 1.165) is 10.7 Å². The summed E-state index contributed by atoms with van der Waals surface area (Å²) in [6.07, 6.45) is 3.83. The second kappa shape index (κ2) is 3.95. The number of nitrogens with zero attached hydrogens (tertiary/aromatic N) is 1. The summed E-state index contributed by atoms with van der Waals surface area (Å²) in [5.41, 5.74) is 8.58. The van der Waals surface area contributed by atoms with Crippen LogP contribution in [-0.4, -0.2) is 4.98 Å². The van der Waals surface area contributed by atoms with Gasteiger partial charge in [-0.05, 0) is 68.4 Å². The van der Waals surface area contributed by atoms with Gasteiger partial charge in [0.15, 0.2) is 0 Å². The fourth-order valence-electron chi connectivity index (χ4n) is 2.92. The molecule has 0 saturated carbocycles. The van der Waals surface area contributed by atoms with Crippen molar-refractivity contribution in [3.63, 3.8) is 0 Å².